The van der Waals surface area contributed by atoms with E-state index in [4.69, 9.17) is 4.74 Å². The van der Waals surface area contributed by atoms with Crippen molar-refractivity contribution in [2.24, 2.45) is 0 Å². The highest BCUT2D eigenvalue weighted by molar-refractivity contribution is 6.46. The number of likely N-dealkylation sites (tertiary alicyclic amines) is 1. The Labute approximate surface area is 194 Å². The molecule has 1 saturated carbocycles. The van der Waals surface area contributed by atoms with Gasteiger partial charge in [-0.1, -0.05) is 49.1 Å². The molecule has 1 aliphatic carbocycles. The Bertz CT molecular complexity index is 1130. The lowest BCUT2D eigenvalue weighted by Gasteiger charge is -2.35. The summed E-state index contributed by atoms with van der Waals surface area (Å²) in [7, 11) is 1.97. The predicted octanol–water partition coefficient (Wildman–Crippen LogP) is 4.58. The van der Waals surface area contributed by atoms with Crippen LogP contribution < -0.4 is 9.64 Å². The number of hydrogen-bond donors (Lipinski definition) is 1. The number of likely N-dealkylation sites (N-methyl/N-ethyl adjacent to an activating group) is 1. The number of ketones is 1. The Hall–Kier alpha value is -3.28. The number of benzene rings is 2. The van der Waals surface area contributed by atoms with Gasteiger partial charge in [0.25, 0.3) is 11.7 Å². The molecule has 2 fully saturated rings. The first-order valence-electron chi connectivity index (χ1n) is 11.8. The van der Waals surface area contributed by atoms with Gasteiger partial charge in [-0.15, -0.1) is 0 Å². The molecule has 3 aliphatic rings. The molecule has 0 aromatic heterocycles. The summed E-state index contributed by atoms with van der Waals surface area (Å²) in [6.07, 6.45) is 5.02. The Kier molecular flexibility index (Phi) is 5.60. The molecule has 1 unspecified atom stereocenters. The van der Waals surface area contributed by atoms with Gasteiger partial charge < -0.3 is 19.6 Å². The first kappa shape index (κ1) is 21.6. The highest BCUT2D eigenvalue weighted by Gasteiger charge is 2.48. The predicted molar refractivity (Wildman–Crippen MR) is 127 cm³/mol. The number of aliphatic hydroxyl groups is 1. The van der Waals surface area contributed by atoms with Crippen LogP contribution >= 0.6 is 0 Å². The van der Waals surface area contributed by atoms with E-state index in [1.807, 2.05) is 50.4 Å². The summed E-state index contributed by atoms with van der Waals surface area (Å²) in [5.41, 5.74) is 3.47. The maximum Gasteiger partial charge on any atom is 0.295 e. The first-order chi connectivity index (χ1) is 16.0. The maximum absolute atomic E-state index is 13.4. The van der Waals surface area contributed by atoms with Crippen LogP contribution in [0.5, 0.6) is 5.75 Å². The van der Waals surface area contributed by atoms with Crippen LogP contribution in [0.3, 0.4) is 0 Å². The Balaban J connectivity index is 1.65. The number of anilines is 1. The summed E-state index contributed by atoms with van der Waals surface area (Å²) in [6, 6.07) is 12.7. The molecule has 0 bridgehead atoms. The van der Waals surface area contributed by atoms with Crippen molar-refractivity contribution >= 4 is 23.1 Å². The highest BCUT2D eigenvalue weighted by atomic mass is 16.5. The average molecular weight is 447 g/mol. The van der Waals surface area contributed by atoms with Crippen molar-refractivity contribution in [3.05, 3.63) is 64.7 Å². The van der Waals surface area contributed by atoms with Crippen molar-refractivity contribution in [1.82, 2.24) is 4.90 Å². The van der Waals surface area contributed by atoms with Crippen LogP contribution in [0.25, 0.3) is 5.76 Å². The average Bonchev–Trinajstić information content (AvgIpc) is 3.10. The van der Waals surface area contributed by atoms with E-state index in [0.29, 0.717) is 12.2 Å². The molecule has 6 heteroatoms. The summed E-state index contributed by atoms with van der Waals surface area (Å²) >= 11 is 0. The van der Waals surface area contributed by atoms with Crippen molar-refractivity contribution in [2.75, 3.05) is 25.1 Å². The minimum Gasteiger partial charge on any atom is -0.507 e. The number of Topliss-reactive ketones (excluding diaryl/α,β-unsaturated/α-hetero) is 1. The number of aliphatic hydroxyl groups excluding tert-OH is 1. The van der Waals surface area contributed by atoms with E-state index in [9.17, 15) is 14.7 Å². The number of carbonyl (C=O) groups excluding carboxylic acids is 2. The lowest BCUT2D eigenvalue weighted by atomic mass is 9.90. The van der Waals surface area contributed by atoms with Gasteiger partial charge in [-0.3, -0.25) is 9.59 Å². The SMILES string of the molecule is Cc1cccc(C2/C(=C(/O)c3ccc4c(c3)N(C)CCO4)C(=O)C(=O)N2C2CCCCC2)c1. The number of aryl methyl sites for hydroxylation is 1. The molecule has 6 nitrogen and oxygen atoms in total. The van der Waals surface area contributed by atoms with E-state index in [-0.39, 0.29) is 17.4 Å². The molecule has 2 aliphatic heterocycles. The van der Waals surface area contributed by atoms with E-state index in [1.165, 1.54) is 0 Å². The van der Waals surface area contributed by atoms with Gasteiger partial charge in [0, 0.05) is 18.7 Å². The lowest BCUT2D eigenvalue weighted by Crippen LogP contribution is -2.40. The zero-order valence-corrected chi connectivity index (χ0v) is 19.2. The molecule has 172 valence electrons. The van der Waals surface area contributed by atoms with Crippen LogP contribution in [0, 0.1) is 6.92 Å². The summed E-state index contributed by atoms with van der Waals surface area (Å²) in [4.78, 5) is 30.5. The number of nitrogens with zero attached hydrogens (tertiary/aromatic N) is 2. The molecule has 1 N–H and O–H groups in total. The lowest BCUT2D eigenvalue weighted by molar-refractivity contribution is -0.141. The fourth-order valence-electron chi connectivity index (χ4n) is 5.41. The Morgan fingerprint density at radius 1 is 1.06 bits per heavy atom. The van der Waals surface area contributed by atoms with Crippen LogP contribution in [0.2, 0.25) is 0 Å². The van der Waals surface area contributed by atoms with E-state index < -0.39 is 17.7 Å². The molecule has 33 heavy (non-hydrogen) atoms. The number of amides is 1. The molecule has 1 saturated heterocycles. The van der Waals surface area contributed by atoms with Crippen molar-refractivity contribution in [3.63, 3.8) is 0 Å². The van der Waals surface area contributed by atoms with Gasteiger partial charge in [0.15, 0.2) is 0 Å². The molecule has 2 heterocycles. The maximum atomic E-state index is 13.4. The van der Waals surface area contributed by atoms with Crippen LogP contribution in [-0.2, 0) is 9.59 Å². The van der Waals surface area contributed by atoms with Gasteiger partial charge >= 0.3 is 0 Å². The second-order valence-corrected chi connectivity index (χ2v) is 9.36. The largest absolute Gasteiger partial charge is 0.507 e. The normalized spacial score (nSPS) is 22.9. The van der Waals surface area contributed by atoms with E-state index in [1.54, 1.807) is 11.0 Å². The van der Waals surface area contributed by atoms with Crippen LogP contribution in [0.1, 0.15) is 54.8 Å². The van der Waals surface area contributed by atoms with E-state index >= 15 is 0 Å². The third kappa shape index (κ3) is 3.77. The molecule has 1 atom stereocenters. The van der Waals surface area contributed by atoms with Crippen LogP contribution in [0.15, 0.2) is 48.0 Å². The van der Waals surface area contributed by atoms with Gasteiger partial charge in [0.05, 0.1) is 23.8 Å². The second kappa shape index (κ2) is 8.58. The molecule has 2 aromatic rings. The van der Waals surface area contributed by atoms with Gasteiger partial charge in [0.2, 0.25) is 0 Å². The van der Waals surface area contributed by atoms with Crippen LogP contribution in [-0.4, -0.2) is 47.9 Å². The Morgan fingerprint density at radius 2 is 1.85 bits per heavy atom. The molecule has 5 rings (SSSR count). The monoisotopic (exact) mass is 446 g/mol. The van der Waals surface area contributed by atoms with E-state index in [2.05, 4.69) is 4.90 Å². The minimum atomic E-state index is -0.605. The van der Waals surface area contributed by atoms with Gasteiger partial charge in [-0.05, 0) is 43.5 Å². The zero-order valence-electron chi connectivity index (χ0n) is 19.2. The standard InChI is InChI=1S/C27H30N2O4/c1-17-7-6-8-18(15-17)24-23(26(31)27(32)29(24)20-9-4-3-5-10-20)25(30)19-11-12-22-21(16-19)28(2)13-14-33-22/h6-8,11-12,15-16,20,24,30H,3-5,9-10,13-14H2,1-2H3/b25-23-. The number of fused-ring (bicyclic) bond motifs is 1. The third-order valence-corrected chi connectivity index (χ3v) is 7.13. The third-order valence-electron chi connectivity index (χ3n) is 7.13. The smallest absolute Gasteiger partial charge is 0.295 e. The fraction of sp³-hybridized carbons (Fsp3) is 0.407. The van der Waals surface area contributed by atoms with Crippen molar-refractivity contribution in [1.29, 1.82) is 0 Å². The van der Waals surface area contributed by atoms with Gasteiger partial charge in [-0.2, -0.15) is 0 Å². The minimum absolute atomic E-state index is 0.00841. The number of carbonyl (C=O) groups is 2. The van der Waals surface area contributed by atoms with Gasteiger partial charge in [-0.25, -0.2) is 0 Å². The summed E-state index contributed by atoms with van der Waals surface area (Å²) < 4.78 is 5.72. The molecular formula is C27H30N2O4. The molecule has 0 radical (unpaired) electrons. The first-order valence-corrected chi connectivity index (χ1v) is 11.8. The van der Waals surface area contributed by atoms with Gasteiger partial charge in [0.1, 0.15) is 18.1 Å². The fourth-order valence-corrected chi connectivity index (χ4v) is 5.41. The Morgan fingerprint density at radius 3 is 2.61 bits per heavy atom. The van der Waals surface area contributed by atoms with Crippen LogP contribution in [0.4, 0.5) is 5.69 Å². The summed E-state index contributed by atoms with van der Waals surface area (Å²) in [5.74, 6) is -0.488. The molecule has 1 amide bonds. The zero-order chi connectivity index (χ0) is 23.1. The number of hydrogen-bond acceptors (Lipinski definition) is 5. The van der Waals surface area contributed by atoms with Crippen molar-refractivity contribution in [3.8, 4) is 5.75 Å². The summed E-state index contributed by atoms with van der Waals surface area (Å²) in [6.45, 7) is 3.34. The number of ether oxygens (including phenoxy) is 1. The number of rotatable bonds is 3. The summed E-state index contributed by atoms with van der Waals surface area (Å²) in [5, 5.41) is 11.4. The molecule has 0 spiro atoms. The van der Waals surface area contributed by atoms with Crippen molar-refractivity contribution < 1.29 is 19.4 Å². The molecule has 2 aromatic carbocycles. The topological polar surface area (TPSA) is 70.1 Å². The quantitative estimate of drug-likeness (QED) is 0.425. The van der Waals surface area contributed by atoms with E-state index in [0.717, 1.165) is 61.2 Å². The second-order valence-electron chi connectivity index (χ2n) is 9.36. The molecular weight excluding hydrogens is 416 g/mol. The highest BCUT2D eigenvalue weighted by Crippen LogP contribution is 2.44. The van der Waals surface area contributed by atoms with Crippen molar-refractivity contribution in [2.45, 2.75) is 51.1 Å².